The van der Waals surface area contributed by atoms with Gasteiger partial charge >= 0.3 is 0 Å². The molecule has 0 atom stereocenters. The average Bonchev–Trinajstić information content (AvgIpc) is 0.722. The molecule has 0 bridgehead atoms. The van der Waals surface area contributed by atoms with Crippen LogP contribution in [-0.2, 0) is 0 Å². The molecule has 0 saturated heterocycles. The fourth-order valence-electron chi connectivity index (χ4n) is 0. The van der Waals surface area contributed by atoms with Crippen molar-refractivity contribution in [2.24, 2.45) is 0 Å². The van der Waals surface area contributed by atoms with Gasteiger partial charge in [-0.2, -0.15) is 0 Å². The molecule has 0 N–H and O–H groups in total. The molecule has 7 heteroatoms. The zero-order chi connectivity index (χ0) is 4.50. The smallest absolute Gasteiger partial charge is 0 e. The normalized spacial score (nSPS) is 8.57. The van der Waals surface area contributed by atoms with Crippen LogP contribution in [0.15, 0.2) is 0 Å². The van der Waals surface area contributed by atoms with E-state index in [4.69, 9.17) is 19.2 Å². The summed E-state index contributed by atoms with van der Waals surface area (Å²) in [6, 6.07) is 0. The molecule has 0 spiro atoms. The summed E-state index contributed by atoms with van der Waals surface area (Å²) >= 11 is 0. The molecule has 7 heavy (non-hydrogen) atoms. The zero-order valence-corrected chi connectivity index (χ0v) is 10.1. The van der Waals surface area contributed by atoms with Crippen molar-refractivity contribution < 1.29 is 19.2 Å². The Morgan fingerprint density at radius 3 is 0.857 bits per heavy atom. The first-order valence-electron chi connectivity index (χ1n) is 0.816. The van der Waals surface area contributed by atoms with Crippen LogP contribution in [0.3, 0.4) is 0 Å². The van der Waals surface area contributed by atoms with Gasteiger partial charge in [-0.1, -0.05) is 0 Å². The molecule has 0 aromatic carbocycles. The van der Waals surface area contributed by atoms with Crippen molar-refractivity contribution in [1.29, 1.82) is 0 Å². The van der Waals surface area contributed by atoms with Gasteiger partial charge in [-0.05, 0) is 11.0 Å². The van der Waals surface area contributed by atoms with E-state index in [1.165, 1.54) is 0 Å². The Bertz CT molecular complexity index is 25.2. The molecular weight excluding hydrogens is 329 g/mol. The van der Waals surface area contributed by atoms with E-state index < -0.39 is 9.05 Å². The fourth-order valence-corrected chi connectivity index (χ4v) is 0. The predicted octanol–water partition coefficient (Wildman–Crippen LogP) is -6.70. The zero-order valence-electron chi connectivity index (χ0n) is 3.58. The molecular formula is H3BiO4Si2-4. The van der Waals surface area contributed by atoms with Crippen molar-refractivity contribution in [3.05, 3.63) is 0 Å². The Kier molecular flexibility index (Phi) is 11.9. The van der Waals surface area contributed by atoms with Crippen LogP contribution in [0.25, 0.3) is 0 Å². The van der Waals surface area contributed by atoms with Crippen molar-refractivity contribution in [2.75, 3.05) is 0 Å². The average molecular weight is 332 g/mol. The van der Waals surface area contributed by atoms with E-state index in [1.54, 1.807) is 0 Å². The molecule has 0 aromatic rings. The standard InChI is InChI=1S/Bi.O4Si.H3Si/c;1-5(2,3)4;/h;;1H3/q;-4;. The maximum atomic E-state index is 8.58. The van der Waals surface area contributed by atoms with Gasteiger partial charge < -0.3 is 28.2 Å². The van der Waals surface area contributed by atoms with Gasteiger partial charge in [0.25, 0.3) is 0 Å². The van der Waals surface area contributed by atoms with E-state index in [2.05, 4.69) is 0 Å². The summed E-state index contributed by atoms with van der Waals surface area (Å²) in [5.41, 5.74) is 0. The van der Waals surface area contributed by atoms with Gasteiger partial charge in [0.2, 0.25) is 0 Å². The Balaban J connectivity index is -0.0000000800. The molecule has 0 amide bonds. The Hall–Kier alpha value is 1.16. The van der Waals surface area contributed by atoms with Crippen LogP contribution in [-0.4, -0.2) is 46.2 Å². The van der Waals surface area contributed by atoms with Crippen LogP contribution in [0.4, 0.5) is 0 Å². The van der Waals surface area contributed by atoms with Crippen molar-refractivity contribution in [3.8, 4) is 0 Å². The molecule has 44 valence electrons. The largest absolute Gasteiger partial charge is 0.894 e. The van der Waals surface area contributed by atoms with Gasteiger partial charge in [-0.15, -0.1) is 0 Å². The molecule has 4 nitrogen and oxygen atoms in total. The van der Waals surface area contributed by atoms with Gasteiger partial charge in [0.1, 0.15) is 0 Å². The first kappa shape index (κ1) is 15.7. The summed E-state index contributed by atoms with van der Waals surface area (Å²) in [6.45, 7) is 0. The molecule has 4 radical (unpaired) electrons. The van der Waals surface area contributed by atoms with Crippen LogP contribution in [0, 0.1) is 0 Å². The summed E-state index contributed by atoms with van der Waals surface area (Å²) in [6.07, 6.45) is 0. The maximum absolute atomic E-state index is 8.58. The molecule has 0 fully saturated rings. The van der Waals surface area contributed by atoms with E-state index in [9.17, 15) is 0 Å². The van der Waals surface area contributed by atoms with Gasteiger partial charge in [0.15, 0.2) is 0 Å². The molecule has 0 aliphatic carbocycles. The summed E-state index contributed by atoms with van der Waals surface area (Å²) in [5.74, 6) is 0. The minimum absolute atomic E-state index is 0. The van der Waals surface area contributed by atoms with Gasteiger partial charge in [0.05, 0.1) is 0 Å². The number of hydrogen-bond acceptors (Lipinski definition) is 4. The Labute approximate surface area is 65.4 Å². The second-order valence-corrected chi connectivity index (χ2v) is 1.50. The van der Waals surface area contributed by atoms with Crippen LogP contribution in [0.2, 0.25) is 0 Å². The Morgan fingerprint density at radius 1 is 0.857 bits per heavy atom. The van der Waals surface area contributed by atoms with E-state index >= 15 is 0 Å². The monoisotopic (exact) mass is 332 g/mol. The molecule has 0 aromatic heterocycles. The van der Waals surface area contributed by atoms with Crippen LogP contribution in [0.5, 0.6) is 0 Å². The SMILES string of the molecule is [Bi].[O-][Si]([O-])([O-])[O-].[SiH3]. The van der Waals surface area contributed by atoms with Gasteiger partial charge in [-0.3, -0.25) is 0 Å². The summed E-state index contributed by atoms with van der Waals surface area (Å²) in [5, 5.41) is 0. The third-order valence-corrected chi connectivity index (χ3v) is 0. The van der Waals surface area contributed by atoms with E-state index in [0.717, 1.165) is 0 Å². The second-order valence-electron chi connectivity index (χ2n) is 0.500. The second kappa shape index (κ2) is 5.30. The van der Waals surface area contributed by atoms with Crippen molar-refractivity contribution in [2.45, 2.75) is 0 Å². The topological polar surface area (TPSA) is 92.2 Å². The quantitative estimate of drug-likeness (QED) is 0.412. The van der Waals surface area contributed by atoms with Crippen molar-refractivity contribution >= 4 is 46.2 Å². The molecule has 0 heterocycles. The minimum atomic E-state index is -5.61. The molecule has 0 aliphatic rings. The molecule has 0 saturated carbocycles. The first-order valence-corrected chi connectivity index (χ1v) is 2.45. The Morgan fingerprint density at radius 2 is 0.857 bits per heavy atom. The summed E-state index contributed by atoms with van der Waals surface area (Å²) < 4.78 is 0. The van der Waals surface area contributed by atoms with Crippen molar-refractivity contribution in [1.82, 2.24) is 0 Å². The third kappa shape index (κ3) is 142. The summed E-state index contributed by atoms with van der Waals surface area (Å²) in [7, 11) is -5.61. The minimum Gasteiger partial charge on any atom is -0.894 e. The third-order valence-electron chi connectivity index (χ3n) is 0. The van der Waals surface area contributed by atoms with E-state index in [1.807, 2.05) is 0 Å². The molecule has 0 rings (SSSR count). The van der Waals surface area contributed by atoms with E-state index in [0.29, 0.717) is 0 Å². The first-order chi connectivity index (χ1) is 2.00. The molecule has 0 unspecified atom stereocenters. The maximum Gasteiger partial charge on any atom is 0 e. The van der Waals surface area contributed by atoms with Gasteiger partial charge in [-0.25, -0.2) is 0 Å². The fraction of sp³-hybridized carbons (Fsp3) is 0. The molecule has 0 aliphatic heterocycles. The van der Waals surface area contributed by atoms with Crippen LogP contribution < -0.4 is 19.2 Å². The summed E-state index contributed by atoms with van der Waals surface area (Å²) in [4.78, 5) is 34.3. The van der Waals surface area contributed by atoms with Crippen molar-refractivity contribution in [3.63, 3.8) is 0 Å². The predicted molar refractivity (Wildman–Crippen MR) is 21.4 cm³/mol. The number of hydrogen-bond donors (Lipinski definition) is 0. The van der Waals surface area contributed by atoms with Crippen LogP contribution >= 0.6 is 0 Å². The van der Waals surface area contributed by atoms with Crippen LogP contribution in [0.1, 0.15) is 0 Å². The van der Waals surface area contributed by atoms with Gasteiger partial charge in [0, 0.05) is 26.2 Å². The van der Waals surface area contributed by atoms with E-state index in [-0.39, 0.29) is 37.2 Å². The number of rotatable bonds is 0.